The second kappa shape index (κ2) is 3.45. The molecule has 0 saturated heterocycles. The summed E-state index contributed by atoms with van der Waals surface area (Å²) in [4.78, 5) is 4.61. The van der Waals surface area contributed by atoms with Crippen LogP contribution in [0.1, 0.15) is 29.7 Å². The topological polar surface area (TPSA) is 80.5 Å². The first-order chi connectivity index (χ1) is 8.22. The lowest BCUT2D eigenvalue weighted by Gasteiger charge is -2.16. The van der Waals surface area contributed by atoms with Crippen molar-refractivity contribution in [2.75, 3.05) is 5.73 Å². The predicted molar refractivity (Wildman–Crippen MR) is 64.3 cm³/mol. The van der Waals surface area contributed by atoms with Gasteiger partial charge in [0.2, 0.25) is 0 Å². The van der Waals surface area contributed by atoms with Gasteiger partial charge in [0, 0.05) is 12.7 Å². The van der Waals surface area contributed by atoms with Crippen molar-refractivity contribution in [2.24, 2.45) is 7.05 Å². The molecular formula is C12H13N5. The molecule has 2 aromatic rings. The van der Waals surface area contributed by atoms with Crippen molar-refractivity contribution in [2.45, 2.75) is 25.7 Å². The zero-order chi connectivity index (χ0) is 12.0. The van der Waals surface area contributed by atoms with E-state index in [1.807, 2.05) is 7.05 Å². The van der Waals surface area contributed by atoms with Gasteiger partial charge in [-0.15, -0.1) is 0 Å². The van der Waals surface area contributed by atoms with Gasteiger partial charge in [0.15, 0.2) is 11.5 Å². The lowest BCUT2D eigenvalue weighted by atomic mass is 9.91. The van der Waals surface area contributed by atoms with Crippen molar-refractivity contribution in [3.05, 3.63) is 16.8 Å². The second-order valence-electron chi connectivity index (χ2n) is 4.44. The number of nitrogens with two attached hydrogens (primary N) is 1. The van der Waals surface area contributed by atoms with Crippen molar-refractivity contribution in [3.8, 4) is 6.07 Å². The molecule has 0 amide bonds. The number of nitrogen functional groups attached to an aromatic ring is 1. The van der Waals surface area contributed by atoms with Crippen molar-refractivity contribution in [1.82, 2.24) is 14.8 Å². The molecular weight excluding hydrogens is 214 g/mol. The SMILES string of the molecule is Cn1nc(N)c2c(C#N)c3c(nc21)CCCC3. The summed E-state index contributed by atoms with van der Waals surface area (Å²) in [6.07, 6.45) is 4.14. The maximum absolute atomic E-state index is 9.35. The van der Waals surface area contributed by atoms with Gasteiger partial charge in [-0.05, 0) is 31.2 Å². The molecule has 1 aliphatic rings. The third-order valence-electron chi connectivity index (χ3n) is 3.39. The highest BCUT2D eigenvalue weighted by molar-refractivity contribution is 5.93. The molecule has 17 heavy (non-hydrogen) atoms. The van der Waals surface area contributed by atoms with Crippen molar-refractivity contribution >= 4 is 16.9 Å². The maximum Gasteiger partial charge on any atom is 0.161 e. The summed E-state index contributed by atoms with van der Waals surface area (Å²) in [6.45, 7) is 0. The fourth-order valence-electron chi connectivity index (χ4n) is 2.59. The summed E-state index contributed by atoms with van der Waals surface area (Å²) >= 11 is 0. The van der Waals surface area contributed by atoms with Gasteiger partial charge in [-0.1, -0.05) is 0 Å². The Balaban J connectivity index is 2.46. The van der Waals surface area contributed by atoms with Gasteiger partial charge in [0.05, 0.1) is 10.9 Å². The highest BCUT2D eigenvalue weighted by atomic mass is 15.3. The Morgan fingerprint density at radius 2 is 2.12 bits per heavy atom. The molecule has 0 spiro atoms. The van der Waals surface area contributed by atoms with E-state index in [9.17, 15) is 5.26 Å². The van der Waals surface area contributed by atoms with Gasteiger partial charge in [-0.2, -0.15) is 10.4 Å². The van der Waals surface area contributed by atoms with Gasteiger partial charge in [-0.3, -0.25) is 0 Å². The van der Waals surface area contributed by atoms with E-state index in [0.717, 1.165) is 48.0 Å². The molecule has 2 N–H and O–H groups in total. The number of anilines is 1. The summed E-state index contributed by atoms with van der Waals surface area (Å²) in [5.74, 6) is 0.403. The smallest absolute Gasteiger partial charge is 0.161 e. The zero-order valence-electron chi connectivity index (χ0n) is 9.69. The number of hydrogen-bond donors (Lipinski definition) is 1. The average molecular weight is 227 g/mol. The molecule has 0 atom stereocenters. The first-order valence-corrected chi connectivity index (χ1v) is 5.76. The monoisotopic (exact) mass is 227 g/mol. The van der Waals surface area contributed by atoms with Crippen LogP contribution < -0.4 is 5.73 Å². The molecule has 0 unspecified atom stereocenters. The summed E-state index contributed by atoms with van der Waals surface area (Å²) in [5, 5.41) is 14.2. The van der Waals surface area contributed by atoms with Crippen LogP contribution in [0.15, 0.2) is 0 Å². The summed E-state index contributed by atoms with van der Waals surface area (Å²) < 4.78 is 1.65. The van der Waals surface area contributed by atoms with Crippen molar-refractivity contribution < 1.29 is 0 Å². The molecule has 0 aromatic carbocycles. The molecule has 1 aliphatic carbocycles. The Labute approximate surface area is 98.9 Å². The number of nitrogens with zero attached hydrogens (tertiary/aromatic N) is 4. The molecule has 2 heterocycles. The van der Waals surface area contributed by atoms with E-state index in [2.05, 4.69) is 16.2 Å². The number of nitriles is 1. The lowest BCUT2D eigenvalue weighted by Crippen LogP contribution is -2.09. The first-order valence-electron chi connectivity index (χ1n) is 5.76. The van der Waals surface area contributed by atoms with Gasteiger partial charge in [0.1, 0.15) is 6.07 Å². The normalized spacial score (nSPS) is 14.6. The summed E-state index contributed by atoms with van der Waals surface area (Å²) in [5.41, 5.74) is 9.38. The van der Waals surface area contributed by atoms with Crippen molar-refractivity contribution in [1.29, 1.82) is 5.26 Å². The maximum atomic E-state index is 9.35. The van der Waals surface area contributed by atoms with Gasteiger partial charge >= 0.3 is 0 Å². The standard InChI is InChI=1S/C12H13N5/c1-17-12-10(11(14)16-17)8(6-13)7-4-2-3-5-9(7)15-12/h2-5H2,1H3,(H2,14,16). The highest BCUT2D eigenvalue weighted by Crippen LogP contribution is 2.31. The molecule has 3 rings (SSSR count). The minimum absolute atomic E-state index is 0.403. The van der Waals surface area contributed by atoms with Crippen LogP contribution in [-0.4, -0.2) is 14.8 Å². The molecule has 5 heteroatoms. The number of hydrogen-bond acceptors (Lipinski definition) is 4. The van der Waals surface area contributed by atoms with Crippen LogP contribution in [0.2, 0.25) is 0 Å². The van der Waals surface area contributed by atoms with Crippen LogP contribution in [0.3, 0.4) is 0 Å². The molecule has 2 aromatic heterocycles. The van der Waals surface area contributed by atoms with Gasteiger partial charge < -0.3 is 5.73 Å². The van der Waals surface area contributed by atoms with E-state index in [0.29, 0.717) is 11.4 Å². The first kappa shape index (κ1) is 10.1. The Bertz CT molecular complexity index is 647. The van der Waals surface area contributed by atoms with E-state index in [4.69, 9.17) is 5.73 Å². The van der Waals surface area contributed by atoms with E-state index < -0.39 is 0 Å². The van der Waals surface area contributed by atoms with Gasteiger partial charge in [0.25, 0.3) is 0 Å². The van der Waals surface area contributed by atoms with Crippen LogP contribution in [-0.2, 0) is 19.9 Å². The molecule has 0 saturated carbocycles. The van der Waals surface area contributed by atoms with Crippen LogP contribution in [0.4, 0.5) is 5.82 Å². The lowest BCUT2D eigenvalue weighted by molar-refractivity contribution is 0.666. The van der Waals surface area contributed by atoms with E-state index in [1.54, 1.807) is 4.68 Å². The minimum atomic E-state index is 0.403. The largest absolute Gasteiger partial charge is 0.382 e. The number of rotatable bonds is 0. The van der Waals surface area contributed by atoms with E-state index in [1.165, 1.54) is 0 Å². The Hall–Kier alpha value is -2.09. The number of aromatic nitrogens is 3. The Kier molecular flexibility index (Phi) is 2.05. The number of fused-ring (bicyclic) bond motifs is 2. The fourth-order valence-corrected chi connectivity index (χ4v) is 2.59. The minimum Gasteiger partial charge on any atom is -0.382 e. The quantitative estimate of drug-likeness (QED) is 0.735. The Morgan fingerprint density at radius 3 is 2.88 bits per heavy atom. The Morgan fingerprint density at radius 1 is 1.35 bits per heavy atom. The number of aryl methyl sites for hydroxylation is 2. The molecule has 5 nitrogen and oxygen atoms in total. The summed E-state index contributed by atoms with van der Waals surface area (Å²) in [7, 11) is 1.81. The fraction of sp³-hybridized carbons (Fsp3) is 0.417. The van der Waals surface area contributed by atoms with E-state index in [-0.39, 0.29) is 0 Å². The van der Waals surface area contributed by atoms with E-state index >= 15 is 0 Å². The highest BCUT2D eigenvalue weighted by Gasteiger charge is 2.21. The zero-order valence-corrected chi connectivity index (χ0v) is 9.69. The van der Waals surface area contributed by atoms with Gasteiger partial charge in [-0.25, -0.2) is 9.67 Å². The van der Waals surface area contributed by atoms with Crippen LogP contribution >= 0.6 is 0 Å². The third kappa shape index (κ3) is 1.30. The molecule has 0 fully saturated rings. The molecule has 86 valence electrons. The predicted octanol–water partition coefficient (Wildman–Crippen LogP) is 1.30. The average Bonchev–Trinajstić information content (AvgIpc) is 2.62. The van der Waals surface area contributed by atoms with Crippen LogP contribution in [0.5, 0.6) is 0 Å². The second-order valence-corrected chi connectivity index (χ2v) is 4.44. The third-order valence-corrected chi connectivity index (χ3v) is 3.39. The molecule has 0 aliphatic heterocycles. The molecule has 0 radical (unpaired) electrons. The summed E-state index contributed by atoms with van der Waals surface area (Å²) in [6, 6.07) is 2.28. The van der Waals surface area contributed by atoms with Crippen molar-refractivity contribution in [3.63, 3.8) is 0 Å². The molecule has 0 bridgehead atoms. The van der Waals surface area contributed by atoms with Crippen LogP contribution in [0, 0.1) is 11.3 Å². The number of pyridine rings is 1. The van der Waals surface area contributed by atoms with Crippen LogP contribution in [0.25, 0.3) is 11.0 Å².